The maximum atomic E-state index is 13.7. The second-order valence-electron chi connectivity index (χ2n) is 5.55. The van der Waals surface area contributed by atoms with Crippen LogP contribution >= 0.6 is 24.0 Å². The van der Waals surface area contributed by atoms with Gasteiger partial charge in [-0.15, -0.1) is 0 Å². The molecular formula is C15H19FN2OS2. The van der Waals surface area contributed by atoms with Crippen LogP contribution in [0.4, 0.5) is 4.39 Å². The van der Waals surface area contributed by atoms with Gasteiger partial charge in [0.15, 0.2) is 6.21 Å². The smallest absolute Gasteiger partial charge is 0.254 e. The first kappa shape index (κ1) is 16.2. The fourth-order valence-corrected chi connectivity index (χ4v) is 4.43. The molecule has 0 amide bonds. The third-order valence-corrected chi connectivity index (χ3v) is 5.01. The lowest BCUT2D eigenvalue weighted by Gasteiger charge is -2.29. The molecular weight excluding hydrogens is 307 g/mol. The van der Waals surface area contributed by atoms with Crippen LogP contribution in [0, 0.1) is 11.0 Å². The Labute approximate surface area is 134 Å². The molecule has 1 aromatic rings. The van der Waals surface area contributed by atoms with E-state index in [1.807, 2.05) is 25.7 Å². The van der Waals surface area contributed by atoms with E-state index in [0.29, 0.717) is 5.56 Å². The molecule has 21 heavy (non-hydrogen) atoms. The summed E-state index contributed by atoms with van der Waals surface area (Å²) in [4.78, 5) is 1.93. The molecule has 1 unspecified atom stereocenters. The normalized spacial score (nSPS) is 21.9. The molecule has 114 valence electrons. The molecule has 1 fully saturated rings. The Kier molecular flexibility index (Phi) is 4.88. The summed E-state index contributed by atoms with van der Waals surface area (Å²) in [5, 5.41) is 12.6. The zero-order valence-electron chi connectivity index (χ0n) is 12.4. The van der Waals surface area contributed by atoms with Crippen molar-refractivity contribution in [2.24, 2.45) is 0 Å². The highest BCUT2D eigenvalue weighted by atomic mass is 32.2. The van der Waals surface area contributed by atoms with E-state index >= 15 is 0 Å². The Morgan fingerprint density at radius 3 is 2.76 bits per heavy atom. The van der Waals surface area contributed by atoms with Crippen molar-refractivity contribution in [1.29, 1.82) is 0 Å². The lowest BCUT2D eigenvalue weighted by Crippen LogP contribution is -2.48. The van der Waals surface area contributed by atoms with Crippen LogP contribution in [0.3, 0.4) is 0 Å². The molecule has 0 aromatic heterocycles. The molecule has 1 heterocycles. The summed E-state index contributed by atoms with van der Waals surface area (Å²) in [6, 6.07) is 6.27. The Morgan fingerprint density at radius 1 is 1.48 bits per heavy atom. The lowest BCUT2D eigenvalue weighted by atomic mass is 10.1. The predicted molar refractivity (Wildman–Crippen MR) is 90.2 cm³/mol. The second kappa shape index (κ2) is 6.32. The fraction of sp³-hybridized carbons (Fsp3) is 0.467. The number of thiocarbonyl (C=S) groups is 1. The number of thioether (sulfide) groups is 1. The van der Waals surface area contributed by atoms with Gasteiger partial charge in [0.2, 0.25) is 0 Å². The van der Waals surface area contributed by atoms with E-state index in [9.17, 15) is 9.60 Å². The average Bonchev–Trinajstić information content (AvgIpc) is 2.62. The number of nitrogens with zero attached hydrogens (tertiary/aromatic N) is 2. The number of benzene rings is 1. The SMILES string of the molecule is CCCN1C(=S)SC(C)(C)C1[N+]([O-])=Cc1ccccc1F. The molecule has 0 radical (unpaired) electrons. The molecule has 1 aromatic carbocycles. The molecule has 1 atom stereocenters. The lowest BCUT2D eigenvalue weighted by molar-refractivity contribution is -0.523. The van der Waals surface area contributed by atoms with E-state index in [1.165, 1.54) is 24.0 Å². The summed E-state index contributed by atoms with van der Waals surface area (Å²) in [5.74, 6) is -0.397. The van der Waals surface area contributed by atoms with Crippen molar-refractivity contribution in [3.05, 3.63) is 40.9 Å². The van der Waals surface area contributed by atoms with Gasteiger partial charge in [0, 0.05) is 6.54 Å². The minimum absolute atomic E-state index is 0.294. The van der Waals surface area contributed by atoms with Crippen LogP contribution in [0.2, 0.25) is 0 Å². The molecule has 0 bridgehead atoms. The summed E-state index contributed by atoms with van der Waals surface area (Å²) < 4.78 is 14.9. The van der Waals surface area contributed by atoms with Crippen molar-refractivity contribution in [2.45, 2.75) is 38.1 Å². The molecule has 2 rings (SSSR count). The molecule has 0 spiro atoms. The van der Waals surface area contributed by atoms with E-state index in [2.05, 4.69) is 0 Å². The van der Waals surface area contributed by atoms with Crippen molar-refractivity contribution in [2.75, 3.05) is 6.54 Å². The monoisotopic (exact) mass is 326 g/mol. The van der Waals surface area contributed by atoms with E-state index in [1.54, 1.807) is 18.2 Å². The molecule has 0 aliphatic carbocycles. The summed E-state index contributed by atoms with van der Waals surface area (Å²) in [6.07, 6.45) is 1.80. The first-order chi connectivity index (χ1) is 9.86. The third-order valence-electron chi connectivity index (χ3n) is 3.38. The zero-order chi connectivity index (χ0) is 15.6. The highest BCUT2D eigenvalue weighted by Crippen LogP contribution is 2.41. The number of hydroxylamine groups is 1. The van der Waals surface area contributed by atoms with E-state index in [0.717, 1.165) is 22.0 Å². The minimum Gasteiger partial charge on any atom is -0.622 e. The predicted octanol–water partition coefficient (Wildman–Crippen LogP) is 3.60. The largest absolute Gasteiger partial charge is 0.622 e. The van der Waals surface area contributed by atoms with Crippen molar-refractivity contribution in [3.8, 4) is 0 Å². The highest BCUT2D eigenvalue weighted by Gasteiger charge is 2.50. The van der Waals surface area contributed by atoms with Gasteiger partial charge < -0.3 is 5.21 Å². The van der Waals surface area contributed by atoms with E-state index < -0.39 is 12.0 Å². The van der Waals surface area contributed by atoms with E-state index in [4.69, 9.17) is 12.2 Å². The van der Waals surface area contributed by atoms with Crippen LogP contribution in [0.25, 0.3) is 0 Å². The molecule has 0 N–H and O–H groups in total. The third kappa shape index (κ3) is 3.37. The first-order valence-corrected chi connectivity index (χ1v) is 8.13. The van der Waals surface area contributed by atoms with Crippen LogP contribution in [0.1, 0.15) is 32.8 Å². The number of hydrogen-bond donors (Lipinski definition) is 0. The van der Waals surface area contributed by atoms with Crippen molar-refractivity contribution in [1.82, 2.24) is 4.90 Å². The van der Waals surface area contributed by atoms with Crippen molar-refractivity contribution >= 4 is 34.5 Å². The number of halogens is 1. The van der Waals surface area contributed by atoms with Crippen LogP contribution in [0.15, 0.2) is 24.3 Å². The molecule has 6 heteroatoms. The van der Waals surface area contributed by atoms with Gasteiger partial charge in [-0.25, -0.2) is 4.39 Å². The molecule has 1 aliphatic heterocycles. The van der Waals surface area contributed by atoms with Crippen LogP contribution in [-0.4, -0.2) is 37.6 Å². The highest BCUT2D eigenvalue weighted by molar-refractivity contribution is 8.24. The average molecular weight is 326 g/mol. The summed E-state index contributed by atoms with van der Waals surface area (Å²) >= 11 is 6.90. The standard InChI is InChI=1S/C15H19FN2OS2/c1-4-9-17-13(15(2,3)21-14(17)20)18(19)10-11-7-5-6-8-12(11)16/h5-8,10,13H,4,9H2,1-3H3. The Bertz CT molecular complexity index is 575. The first-order valence-electron chi connectivity index (χ1n) is 6.91. The summed E-state index contributed by atoms with van der Waals surface area (Å²) in [5.41, 5.74) is 0.294. The minimum atomic E-state index is -0.422. The Balaban J connectivity index is 2.37. The Hall–Kier alpha value is -1.14. The maximum absolute atomic E-state index is 13.7. The zero-order valence-corrected chi connectivity index (χ0v) is 14.0. The van der Waals surface area contributed by atoms with Gasteiger partial charge in [0.25, 0.3) is 6.17 Å². The quantitative estimate of drug-likeness (QED) is 0.278. The summed E-state index contributed by atoms with van der Waals surface area (Å²) in [6.45, 7) is 6.75. The second-order valence-corrected chi connectivity index (χ2v) is 7.84. The Morgan fingerprint density at radius 2 is 2.14 bits per heavy atom. The topological polar surface area (TPSA) is 29.3 Å². The van der Waals surface area contributed by atoms with Crippen LogP contribution in [0.5, 0.6) is 0 Å². The van der Waals surface area contributed by atoms with Crippen molar-refractivity contribution < 1.29 is 9.13 Å². The molecule has 3 nitrogen and oxygen atoms in total. The van der Waals surface area contributed by atoms with Gasteiger partial charge in [0.1, 0.15) is 14.9 Å². The molecule has 0 saturated carbocycles. The van der Waals surface area contributed by atoms with Gasteiger partial charge in [-0.05, 0) is 32.4 Å². The molecule has 1 saturated heterocycles. The van der Waals surface area contributed by atoms with Gasteiger partial charge in [-0.2, -0.15) is 4.74 Å². The fourth-order valence-electron chi connectivity index (χ4n) is 2.50. The molecule has 1 aliphatic rings. The van der Waals surface area contributed by atoms with Crippen LogP contribution in [-0.2, 0) is 0 Å². The number of rotatable bonds is 4. The number of hydrogen-bond acceptors (Lipinski definition) is 3. The van der Waals surface area contributed by atoms with Gasteiger partial charge in [-0.1, -0.05) is 43.0 Å². The maximum Gasteiger partial charge on any atom is 0.254 e. The van der Waals surface area contributed by atoms with E-state index in [-0.39, 0.29) is 4.75 Å². The van der Waals surface area contributed by atoms with Gasteiger partial charge >= 0.3 is 0 Å². The van der Waals surface area contributed by atoms with Gasteiger partial charge in [0.05, 0.1) is 5.56 Å². The van der Waals surface area contributed by atoms with Crippen LogP contribution < -0.4 is 0 Å². The summed E-state index contributed by atoms with van der Waals surface area (Å²) in [7, 11) is 0. The van der Waals surface area contributed by atoms with Crippen molar-refractivity contribution in [3.63, 3.8) is 0 Å². The van der Waals surface area contributed by atoms with Gasteiger partial charge in [-0.3, -0.25) is 4.90 Å².